The molecule has 208 valence electrons. The minimum atomic E-state index is -0.507. The van der Waals surface area contributed by atoms with Gasteiger partial charge in [0.2, 0.25) is 5.91 Å². The summed E-state index contributed by atoms with van der Waals surface area (Å²) < 4.78 is 0. The van der Waals surface area contributed by atoms with Crippen molar-refractivity contribution in [2.24, 2.45) is 50.2 Å². The molecule has 7 aliphatic carbocycles. The van der Waals surface area contributed by atoms with Gasteiger partial charge < -0.3 is 5.32 Å². The number of ketones is 2. The van der Waals surface area contributed by atoms with E-state index in [1.165, 1.54) is 5.57 Å². The minimum Gasteiger partial charge on any atom is -0.350 e. The molecule has 3 unspecified atom stereocenters. The van der Waals surface area contributed by atoms with Crippen molar-refractivity contribution in [1.29, 1.82) is 5.26 Å². The van der Waals surface area contributed by atoms with Crippen LogP contribution in [0.15, 0.2) is 23.3 Å². The molecule has 8 atom stereocenters. The number of nitrogens with one attached hydrogen (secondary N) is 1. The van der Waals surface area contributed by atoms with E-state index in [1.807, 2.05) is 12.2 Å². The zero-order valence-corrected chi connectivity index (χ0v) is 24.6. The van der Waals surface area contributed by atoms with E-state index in [2.05, 4.69) is 52.9 Å². The number of carbonyl (C=O) groups is 3. The van der Waals surface area contributed by atoms with Crippen LogP contribution in [0.3, 0.4) is 0 Å². The highest BCUT2D eigenvalue weighted by atomic mass is 16.2. The summed E-state index contributed by atoms with van der Waals surface area (Å²) >= 11 is 0. The van der Waals surface area contributed by atoms with Crippen molar-refractivity contribution >= 4 is 17.5 Å². The van der Waals surface area contributed by atoms with E-state index in [1.54, 1.807) is 0 Å². The van der Waals surface area contributed by atoms with Crippen LogP contribution < -0.4 is 5.32 Å². The molecule has 0 saturated heterocycles. The second kappa shape index (κ2) is 7.15. The van der Waals surface area contributed by atoms with E-state index in [0.717, 1.165) is 64.2 Å². The number of hydrogen-bond donors (Lipinski definition) is 1. The van der Waals surface area contributed by atoms with Crippen molar-refractivity contribution in [1.82, 2.24) is 5.32 Å². The summed E-state index contributed by atoms with van der Waals surface area (Å²) in [5, 5.41) is 13.5. The molecule has 7 aliphatic rings. The third kappa shape index (κ3) is 2.85. The molecule has 0 aromatic carbocycles. The standard InChI is InChI=1S/C34H44N2O3/c1-28(2)9-12-33(36-27(39)20-7-8-20)13-10-30(4)25(22(33)17-28)23(37)15-24-29(30,3)11-14-34-19-32(34,6)26(38)21(18-35)16-31(24,34)5/h15-16,20,22,25H,7-14,17,19H2,1-6H3,(H,36,39)/t22?,25?,29-,30-,31-,32?,33+,34+/m1/s1. The SMILES string of the molecule is CC1(C)CC[C@]2(NC(=O)C3CC3)CC[C@]3(C)C(C(=O)C=C4[C@@]5(C)C=C(C#N)C(=O)C6(C)C[C@]65CC[C@]43C)C2C1. The van der Waals surface area contributed by atoms with Crippen molar-refractivity contribution < 1.29 is 14.4 Å². The zero-order valence-electron chi connectivity index (χ0n) is 24.6. The summed E-state index contributed by atoms with van der Waals surface area (Å²) in [6.45, 7) is 13.7. The normalized spacial score (nSPS) is 51.0. The molecule has 5 heteroatoms. The lowest BCUT2D eigenvalue weighted by atomic mass is 9.35. The molecule has 5 nitrogen and oxygen atoms in total. The van der Waals surface area contributed by atoms with E-state index in [0.29, 0.717) is 0 Å². The van der Waals surface area contributed by atoms with E-state index in [-0.39, 0.29) is 68.0 Å². The van der Waals surface area contributed by atoms with Gasteiger partial charge in [0.25, 0.3) is 0 Å². The predicted octanol–water partition coefficient (Wildman–Crippen LogP) is 6.24. The Morgan fingerprint density at radius 1 is 0.949 bits per heavy atom. The van der Waals surface area contributed by atoms with E-state index in [4.69, 9.17) is 0 Å². The van der Waals surface area contributed by atoms with Crippen LogP contribution in [0.4, 0.5) is 0 Å². The van der Waals surface area contributed by atoms with Crippen LogP contribution in [-0.4, -0.2) is 23.0 Å². The third-order valence-corrected chi connectivity index (χ3v) is 14.2. The Hall–Kier alpha value is -2.22. The maximum Gasteiger partial charge on any atom is 0.223 e. The highest BCUT2D eigenvalue weighted by Gasteiger charge is 2.81. The fraction of sp³-hybridized carbons (Fsp3) is 0.765. The topological polar surface area (TPSA) is 87.0 Å². The van der Waals surface area contributed by atoms with Crippen LogP contribution in [0.25, 0.3) is 0 Å². The van der Waals surface area contributed by atoms with Crippen LogP contribution in [0.1, 0.15) is 106 Å². The second-order valence-electron chi connectivity index (χ2n) is 16.4. The Morgan fingerprint density at radius 3 is 2.31 bits per heavy atom. The van der Waals surface area contributed by atoms with Crippen LogP contribution >= 0.6 is 0 Å². The van der Waals surface area contributed by atoms with Crippen molar-refractivity contribution in [3.63, 3.8) is 0 Å². The monoisotopic (exact) mass is 528 g/mol. The number of rotatable bonds is 2. The Bertz CT molecular complexity index is 1350. The quantitative estimate of drug-likeness (QED) is 0.460. The van der Waals surface area contributed by atoms with Gasteiger partial charge in [0.1, 0.15) is 6.07 Å². The highest BCUT2D eigenvalue weighted by molar-refractivity contribution is 6.08. The minimum absolute atomic E-state index is 0.00352. The van der Waals surface area contributed by atoms with Gasteiger partial charge in [-0.2, -0.15) is 5.26 Å². The van der Waals surface area contributed by atoms with Crippen molar-refractivity contribution in [3.8, 4) is 6.07 Å². The van der Waals surface area contributed by atoms with E-state index < -0.39 is 10.8 Å². The van der Waals surface area contributed by atoms with Gasteiger partial charge in [-0.3, -0.25) is 14.4 Å². The van der Waals surface area contributed by atoms with Crippen LogP contribution in [0, 0.1) is 61.6 Å². The molecule has 0 bridgehead atoms. The summed E-state index contributed by atoms with van der Waals surface area (Å²) in [5.74, 6) is 0.560. The fourth-order valence-electron chi connectivity index (χ4n) is 11.3. The number of nitriles is 1. The van der Waals surface area contributed by atoms with Crippen LogP contribution in [0.2, 0.25) is 0 Å². The molecular formula is C34H44N2O3. The van der Waals surface area contributed by atoms with Crippen molar-refractivity contribution in [2.45, 2.75) is 111 Å². The smallest absolute Gasteiger partial charge is 0.223 e. The number of hydrogen-bond acceptors (Lipinski definition) is 4. The molecule has 7 rings (SSSR count). The molecule has 0 aliphatic heterocycles. The van der Waals surface area contributed by atoms with Gasteiger partial charge in [0.05, 0.1) is 5.57 Å². The maximum absolute atomic E-state index is 14.6. The maximum atomic E-state index is 14.6. The number of allylic oxidation sites excluding steroid dienone is 4. The summed E-state index contributed by atoms with van der Waals surface area (Å²) in [6.07, 6.45) is 13.4. The number of amides is 1. The molecule has 1 N–H and O–H groups in total. The molecule has 39 heavy (non-hydrogen) atoms. The first kappa shape index (κ1) is 25.7. The lowest BCUT2D eigenvalue weighted by molar-refractivity contribution is -0.163. The zero-order chi connectivity index (χ0) is 28.0. The first-order valence-electron chi connectivity index (χ1n) is 15.4. The highest BCUT2D eigenvalue weighted by Crippen LogP contribution is 2.85. The number of Topliss-reactive ketones (excluding diaryl/α,β-unsaturated/α-hetero) is 1. The Morgan fingerprint density at radius 2 is 1.64 bits per heavy atom. The number of nitrogens with zero attached hydrogens (tertiary/aromatic N) is 1. The molecule has 5 saturated carbocycles. The summed E-state index contributed by atoms with van der Waals surface area (Å²) in [7, 11) is 0. The Balaban J connectivity index is 1.37. The fourth-order valence-corrected chi connectivity index (χ4v) is 11.3. The molecule has 5 fully saturated rings. The first-order valence-corrected chi connectivity index (χ1v) is 15.4. The van der Waals surface area contributed by atoms with Gasteiger partial charge in [-0.1, -0.05) is 47.6 Å². The van der Waals surface area contributed by atoms with Gasteiger partial charge in [-0.05, 0) is 103 Å². The molecule has 1 amide bonds. The average molecular weight is 529 g/mol. The molecule has 0 aromatic rings. The third-order valence-electron chi connectivity index (χ3n) is 14.2. The predicted molar refractivity (Wildman–Crippen MR) is 148 cm³/mol. The molecular weight excluding hydrogens is 484 g/mol. The number of fused-ring (bicyclic) bond motifs is 6. The van der Waals surface area contributed by atoms with Gasteiger partial charge in [-0.25, -0.2) is 0 Å². The Labute approximate surface area is 233 Å². The lowest BCUT2D eigenvalue weighted by Crippen LogP contribution is -2.69. The van der Waals surface area contributed by atoms with E-state index in [9.17, 15) is 19.6 Å². The van der Waals surface area contributed by atoms with Gasteiger partial charge in [0, 0.05) is 28.2 Å². The summed E-state index contributed by atoms with van der Waals surface area (Å²) in [5.41, 5.74) is -0.346. The van der Waals surface area contributed by atoms with Gasteiger partial charge in [-0.15, -0.1) is 0 Å². The van der Waals surface area contributed by atoms with Crippen molar-refractivity contribution in [3.05, 3.63) is 23.3 Å². The molecule has 1 spiro atoms. The van der Waals surface area contributed by atoms with Crippen LogP contribution in [-0.2, 0) is 14.4 Å². The molecule has 0 radical (unpaired) electrons. The first-order chi connectivity index (χ1) is 18.1. The average Bonchev–Trinajstić information content (AvgIpc) is 3.79. The van der Waals surface area contributed by atoms with Crippen LogP contribution in [0.5, 0.6) is 0 Å². The second-order valence-corrected chi connectivity index (χ2v) is 16.4. The van der Waals surface area contributed by atoms with Gasteiger partial charge >= 0.3 is 0 Å². The molecule has 0 aromatic heterocycles. The van der Waals surface area contributed by atoms with Crippen molar-refractivity contribution in [2.75, 3.05) is 0 Å². The largest absolute Gasteiger partial charge is 0.350 e. The lowest BCUT2D eigenvalue weighted by Gasteiger charge is -2.69. The van der Waals surface area contributed by atoms with E-state index >= 15 is 0 Å². The summed E-state index contributed by atoms with van der Waals surface area (Å²) in [6, 6.07) is 2.22. The molecule has 0 heterocycles. The Kier molecular flexibility index (Phi) is 4.72. The van der Waals surface area contributed by atoms with Gasteiger partial charge in [0.15, 0.2) is 11.6 Å². The summed E-state index contributed by atoms with van der Waals surface area (Å²) in [4.78, 5) is 41.0. The number of carbonyl (C=O) groups excluding carboxylic acids is 3.